The van der Waals surface area contributed by atoms with Crippen molar-refractivity contribution in [1.29, 1.82) is 0 Å². The van der Waals surface area contributed by atoms with Crippen LogP contribution in [0.4, 0.5) is 0 Å². The zero-order valence-electron chi connectivity index (χ0n) is 9.59. The molecule has 2 aromatic rings. The van der Waals surface area contributed by atoms with E-state index in [-0.39, 0.29) is 16.9 Å². The van der Waals surface area contributed by atoms with Gasteiger partial charge in [0.15, 0.2) is 0 Å². The molecule has 2 heterocycles. The van der Waals surface area contributed by atoms with Gasteiger partial charge in [0.25, 0.3) is 5.56 Å². The first-order valence-electron chi connectivity index (χ1n) is 5.29. The summed E-state index contributed by atoms with van der Waals surface area (Å²) in [7, 11) is 0. The van der Waals surface area contributed by atoms with Crippen molar-refractivity contribution in [1.82, 2.24) is 14.5 Å². The summed E-state index contributed by atoms with van der Waals surface area (Å²) >= 11 is 5.74. The summed E-state index contributed by atoms with van der Waals surface area (Å²) in [6, 6.07) is 5.14. The van der Waals surface area contributed by atoms with Crippen LogP contribution < -0.4 is 5.56 Å². The summed E-state index contributed by atoms with van der Waals surface area (Å²) in [4.78, 5) is 19.6. The fraction of sp³-hybridized carbons (Fsp3) is 0.250. The number of hydrogen-bond donors (Lipinski definition) is 0. The maximum absolute atomic E-state index is 11.6. The Kier molecular flexibility index (Phi) is 3.24. The monoisotopic (exact) mass is 249 g/mol. The largest absolute Gasteiger partial charge is 0.312 e. The minimum Gasteiger partial charge on any atom is -0.312 e. The standard InChI is InChI=1S/C12H12ClN3O/c1-8(2)16-7-9(3-4-11(16)17)10-5-6-14-12(13)15-10/h3-8H,1-2H3. The molecule has 17 heavy (non-hydrogen) atoms. The number of rotatable bonds is 2. The summed E-state index contributed by atoms with van der Waals surface area (Å²) in [5.41, 5.74) is 1.53. The van der Waals surface area contributed by atoms with E-state index in [9.17, 15) is 4.79 Å². The SMILES string of the molecule is CC(C)n1cc(-c2ccnc(Cl)n2)ccc1=O. The molecule has 0 amide bonds. The minimum atomic E-state index is -0.0242. The molecule has 0 saturated heterocycles. The Balaban J connectivity index is 2.54. The molecule has 0 aromatic carbocycles. The predicted octanol–water partition coefficient (Wildman–Crippen LogP) is 2.54. The Labute approximate surface area is 104 Å². The lowest BCUT2D eigenvalue weighted by Crippen LogP contribution is -2.20. The zero-order valence-corrected chi connectivity index (χ0v) is 10.3. The van der Waals surface area contributed by atoms with Gasteiger partial charge in [-0.15, -0.1) is 0 Å². The van der Waals surface area contributed by atoms with Gasteiger partial charge in [0.1, 0.15) is 0 Å². The first-order chi connectivity index (χ1) is 8.08. The lowest BCUT2D eigenvalue weighted by atomic mass is 10.2. The zero-order chi connectivity index (χ0) is 12.4. The quantitative estimate of drug-likeness (QED) is 0.769. The number of halogens is 1. The van der Waals surface area contributed by atoms with Crippen LogP contribution in [0.1, 0.15) is 19.9 Å². The topological polar surface area (TPSA) is 47.8 Å². The van der Waals surface area contributed by atoms with Gasteiger partial charge in [-0.1, -0.05) is 0 Å². The van der Waals surface area contributed by atoms with E-state index in [2.05, 4.69) is 9.97 Å². The molecule has 0 N–H and O–H groups in total. The second-order valence-electron chi connectivity index (χ2n) is 3.97. The van der Waals surface area contributed by atoms with Crippen molar-refractivity contribution in [2.75, 3.05) is 0 Å². The lowest BCUT2D eigenvalue weighted by molar-refractivity contribution is 0.579. The molecule has 0 aliphatic heterocycles. The van der Waals surface area contributed by atoms with Crippen LogP contribution in [0.2, 0.25) is 5.28 Å². The molecule has 2 aromatic heterocycles. The molecule has 88 valence electrons. The van der Waals surface area contributed by atoms with Crippen molar-refractivity contribution in [3.05, 3.63) is 46.2 Å². The van der Waals surface area contributed by atoms with Crippen LogP contribution >= 0.6 is 11.6 Å². The van der Waals surface area contributed by atoms with Gasteiger partial charge < -0.3 is 4.57 Å². The summed E-state index contributed by atoms with van der Waals surface area (Å²) in [5, 5.41) is 0.199. The van der Waals surface area contributed by atoms with E-state index in [0.29, 0.717) is 5.69 Å². The molecule has 0 fully saturated rings. The molecule has 2 rings (SSSR count). The van der Waals surface area contributed by atoms with E-state index in [1.807, 2.05) is 13.8 Å². The van der Waals surface area contributed by atoms with Crippen molar-refractivity contribution in [3.63, 3.8) is 0 Å². The summed E-state index contributed by atoms with van der Waals surface area (Å²) in [5.74, 6) is 0. The highest BCUT2D eigenvalue weighted by Gasteiger charge is 2.05. The fourth-order valence-electron chi connectivity index (χ4n) is 1.55. The molecule has 5 heteroatoms. The first-order valence-corrected chi connectivity index (χ1v) is 5.67. The van der Waals surface area contributed by atoms with Crippen molar-refractivity contribution >= 4 is 11.6 Å². The first kappa shape index (κ1) is 11.8. The Morgan fingerprint density at radius 3 is 2.71 bits per heavy atom. The number of hydrogen-bond acceptors (Lipinski definition) is 3. The fourth-order valence-corrected chi connectivity index (χ4v) is 1.70. The molecule has 0 atom stereocenters. The van der Waals surface area contributed by atoms with Gasteiger partial charge in [0.05, 0.1) is 5.69 Å². The van der Waals surface area contributed by atoms with Gasteiger partial charge >= 0.3 is 0 Å². The summed E-state index contributed by atoms with van der Waals surface area (Å²) in [6.07, 6.45) is 3.38. The maximum atomic E-state index is 11.6. The van der Waals surface area contributed by atoms with Crippen LogP contribution in [-0.4, -0.2) is 14.5 Å². The number of pyridine rings is 1. The average molecular weight is 250 g/mol. The van der Waals surface area contributed by atoms with Crippen molar-refractivity contribution < 1.29 is 0 Å². The van der Waals surface area contributed by atoms with Gasteiger partial charge in [-0.25, -0.2) is 9.97 Å². The molecule has 4 nitrogen and oxygen atoms in total. The van der Waals surface area contributed by atoms with Gasteiger partial charge in [-0.05, 0) is 37.6 Å². The predicted molar refractivity (Wildman–Crippen MR) is 67.1 cm³/mol. The summed E-state index contributed by atoms with van der Waals surface area (Å²) in [6.45, 7) is 3.91. The molecule has 0 aliphatic carbocycles. The molecular formula is C12H12ClN3O. The van der Waals surface area contributed by atoms with E-state index < -0.39 is 0 Å². The van der Waals surface area contributed by atoms with Gasteiger partial charge in [0, 0.05) is 30.1 Å². The minimum absolute atomic E-state index is 0.0242. The molecule has 0 radical (unpaired) electrons. The van der Waals surface area contributed by atoms with E-state index in [0.717, 1.165) is 5.56 Å². The molecule has 0 unspecified atom stereocenters. The normalized spacial score (nSPS) is 10.8. The second-order valence-corrected chi connectivity index (χ2v) is 4.31. The molecule has 0 aliphatic rings. The van der Waals surface area contributed by atoms with Crippen LogP contribution in [-0.2, 0) is 0 Å². The van der Waals surface area contributed by atoms with Crippen LogP contribution in [0.3, 0.4) is 0 Å². The Morgan fingerprint density at radius 2 is 2.06 bits per heavy atom. The van der Waals surface area contributed by atoms with Gasteiger partial charge in [-0.3, -0.25) is 4.79 Å². The van der Waals surface area contributed by atoms with E-state index in [1.165, 1.54) is 6.07 Å². The van der Waals surface area contributed by atoms with Crippen molar-refractivity contribution in [3.8, 4) is 11.3 Å². The molecule has 0 bridgehead atoms. The van der Waals surface area contributed by atoms with Crippen LogP contribution in [0.15, 0.2) is 35.4 Å². The average Bonchev–Trinajstić information content (AvgIpc) is 2.29. The highest BCUT2D eigenvalue weighted by atomic mass is 35.5. The third-order valence-electron chi connectivity index (χ3n) is 2.42. The van der Waals surface area contributed by atoms with Crippen LogP contribution in [0.5, 0.6) is 0 Å². The Bertz CT molecular complexity index is 592. The molecule has 0 saturated carbocycles. The number of aromatic nitrogens is 3. The summed E-state index contributed by atoms with van der Waals surface area (Å²) < 4.78 is 1.66. The lowest BCUT2D eigenvalue weighted by Gasteiger charge is -2.11. The van der Waals surface area contributed by atoms with Gasteiger partial charge in [0.2, 0.25) is 5.28 Å². The molecular weight excluding hydrogens is 238 g/mol. The second kappa shape index (κ2) is 4.67. The van der Waals surface area contributed by atoms with E-state index in [1.54, 1.807) is 29.1 Å². The van der Waals surface area contributed by atoms with Crippen LogP contribution in [0.25, 0.3) is 11.3 Å². The highest BCUT2D eigenvalue weighted by molar-refractivity contribution is 6.28. The smallest absolute Gasteiger partial charge is 0.250 e. The van der Waals surface area contributed by atoms with Crippen molar-refractivity contribution in [2.45, 2.75) is 19.9 Å². The third-order valence-corrected chi connectivity index (χ3v) is 2.60. The number of nitrogens with zero attached hydrogens (tertiary/aromatic N) is 3. The Morgan fingerprint density at radius 1 is 1.29 bits per heavy atom. The maximum Gasteiger partial charge on any atom is 0.250 e. The van der Waals surface area contributed by atoms with Crippen molar-refractivity contribution in [2.24, 2.45) is 0 Å². The third kappa shape index (κ3) is 2.53. The van der Waals surface area contributed by atoms with E-state index in [4.69, 9.17) is 11.6 Å². The highest BCUT2D eigenvalue weighted by Crippen LogP contribution is 2.17. The van der Waals surface area contributed by atoms with Crippen LogP contribution in [0, 0.1) is 0 Å². The van der Waals surface area contributed by atoms with E-state index >= 15 is 0 Å². The van der Waals surface area contributed by atoms with Gasteiger partial charge in [-0.2, -0.15) is 0 Å². The molecule has 0 spiro atoms. The Hall–Kier alpha value is -1.68.